The van der Waals surface area contributed by atoms with E-state index in [0.29, 0.717) is 12.6 Å². The van der Waals surface area contributed by atoms with Crippen molar-refractivity contribution in [2.45, 2.75) is 12.5 Å². The smallest absolute Gasteiger partial charge is 0.210 e. The Balaban J connectivity index is 2.63. The third kappa shape index (κ3) is 2.97. The summed E-state index contributed by atoms with van der Waals surface area (Å²) in [5, 5.41) is 9.01. The molecule has 1 aromatic rings. The molecule has 1 atom stereocenters. The Bertz CT molecular complexity index is 271. The number of aromatic hydroxyl groups is 1. The van der Waals surface area contributed by atoms with Gasteiger partial charge in [0.05, 0.1) is 0 Å². The SMILES string of the molecule is CN(C)C(CN)Cc1ccc(O)nc1. The number of rotatable bonds is 4. The third-order valence-electron chi connectivity index (χ3n) is 2.28. The van der Waals surface area contributed by atoms with Gasteiger partial charge in [0, 0.05) is 24.8 Å². The molecule has 0 aliphatic heterocycles. The molecule has 1 unspecified atom stereocenters. The van der Waals surface area contributed by atoms with E-state index in [1.807, 2.05) is 20.2 Å². The first-order valence-electron chi connectivity index (χ1n) is 4.64. The molecular weight excluding hydrogens is 178 g/mol. The summed E-state index contributed by atoms with van der Waals surface area (Å²) < 4.78 is 0. The lowest BCUT2D eigenvalue weighted by Gasteiger charge is -2.22. The zero-order valence-corrected chi connectivity index (χ0v) is 8.64. The topological polar surface area (TPSA) is 62.4 Å². The lowest BCUT2D eigenvalue weighted by atomic mass is 10.1. The van der Waals surface area contributed by atoms with Crippen molar-refractivity contribution in [1.82, 2.24) is 9.88 Å². The summed E-state index contributed by atoms with van der Waals surface area (Å²) in [5.41, 5.74) is 6.73. The highest BCUT2D eigenvalue weighted by Crippen LogP contribution is 2.08. The van der Waals surface area contributed by atoms with E-state index in [-0.39, 0.29) is 5.88 Å². The molecule has 4 nitrogen and oxygen atoms in total. The van der Waals surface area contributed by atoms with Crippen LogP contribution in [0.3, 0.4) is 0 Å². The molecule has 0 bridgehead atoms. The second-order valence-corrected chi connectivity index (χ2v) is 3.58. The van der Waals surface area contributed by atoms with Gasteiger partial charge in [0.25, 0.3) is 0 Å². The van der Waals surface area contributed by atoms with Gasteiger partial charge in [-0.05, 0) is 26.1 Å². The molecule has 0 saturated heterocycles. The van der Waals surface area contributed by atoms with Crippen molar-refractivity contribution in [3.63, 3.8) is 0 Å². The highest BCUT2D eigenvalue weighted by atomic mass is 16.3. The lowest BCUT2D eigenvalue weighted by Crippen LogP contribution is -2.36. The zero-order valence-electron chi connectivity index (χ0n) is 8.64. The molecule has 78 valence electrons. The number of likely N-dealkylation sites (N-methyl/N-ethyl adjacent to an activating group) is 1. The quantitative estimate of drug-likeness (QED) is 0.721. The van der Waals surface area contributed by atoms with Crippen LogP contribution in [-0.2, 0) is 6.42 Å². The van der Waals surface area contributed by atoms with Crippen LogP contribution in [0.4, 0.5) is 0 Å². The van der Waals surface area contributed by atoms with Crippen molar-refractivity contribution < 1.29 is 5.11 Å². The highest BCUT2D eigenvalue weighted by Gasteiger charge is 2.09. The fourth-order valence-corrected chi connectivity index (χ4v) is 1.29. The molecule has 0 aliphatic rings. The number of hydrogen-bond acceptors (Lipinski definition) is 4. The highest BCUT2D eigenvalue weighted by molar-refractivity contribution is 5.17. The number of pyridine rings is 1. The Morgan fingerprint density at radius 1 is 1.50 bits per heavy atom. The summed E-state index contributed by atoms with van der Waals surface area (Å²) in [6, 6.07) is 3.79. The molecule has 14 heavy (non-hydrogen) atoms. The fraction of sp³-hybridized carbons (Fsp3) is 0.500. The summed E-state index contributed by atoms with van der Waals surface area (Å²) in [4.78, 5) is 5.91. The van der Waals surface area contributed by atoms with E-state index in [9.17, 15) is 0 Å². The van der Waals surface area contributed by atoms with Gasteiger partial charge in [0.1, 0.15) is 0 Å². The normalized spacial score (nSPS) is 13.1. The molecule has 1 rings (SSSR count). The largest absolute Gasteiger partial charge is 0.493 e. The third-order valence-corrected chi connectivity index (χ3v) is 2.28. The van der Waals surface area contributed by atoms with Crippen molar-refractivity contribution in [2.75, 3.05) is 20.6 Å². The monoisotopic (exact) mass is 195 g/mol. The van der Waals surface area contributed by atoms with Gasteiger partial charge in [-0.25, -0.2) is 4.98 Å². The van der Waals surface area contributed by atoms with Gasteiger partial charge >= 0.3 is 0 Å². The molecule has 1 heterocycles. The van der Waals surface area contributed by atoms with E-state index in [1.54, 1.807) is 12.3 Å². The van der Waals surface area contributed by atoms with E-state index in [2.05, 4.69) is 9.88 Å². The molecule has 1 aromatic heterocycles. The molecule has 0 radical (unpaired) electrons. The Labute approximate surface area is 84.4 Å². The Hall–Kier alpha value is -1.13. The van der Waals surface area contributed by atoms with Gasteiger partial charge < -0.3 is 15.7 Å². The van der Waals surface area contributed by atoms with E-state index < -0.39 is 0 Å². The fourth-order valence-electron chi connectivity index (χ4n) is 1.29. The van der Waals surface area contributed by atoms with E-state index in [0.717, 1.165) is 12.0 Å². The van der Waals surface area contributed by atoms with Gasteiger partial charge in [0.15, 0.2) is 0 Å². The molecule has 0 aromatic carbocycles. The first kappa shape index (κ1) is 10.9. The van der Waals surface area contributed by atoms with Gasteiger partial charge in [-0.1, -0.05) is 6.07 Å². The molecule has 0 aliphatic carbocycles. The van der Waals surface area contributed by atoms with Crippen LogP contribution in [0.25, 0.3) is 0 Å². The van der Waals surface area contributed by atoms with Crippen LogP contribution in [-0.4, -0.2) is 41.7 Å². The molecule has 0 spiro atoms. The molecule has 3 N–H and O–H groups in total. The van der Waals surface area contributed by atoms with E-state index in [1.165, 1.54) is 0 Å². The second kappa shape index (κ2) is 4.93. The van der Waals surface area contributed by atoms with Crippen LogP contribution >= 0.6 is 0 Å². The van der Waals surface area contributed by atoms with E-state index in [4.69, 9.17) is 10.8 Å². The predicted molar refractivity (Wildman–Crippen MR) is 56.1 cm³/mol. The average molecular weight is 195 g/mol. The minimum atomic E-state index is 0.0582. The predicted octanol–water partition coefficient (Wildman–Crippen LogP) is 0.219. The molecular formula is C10H17N3O. The Kier molecular flexibility index (Phi) is 3.85. The van der Waals surface area contributed by atoms with Gasteiger partial charge in [0.2, 0.25) is 5.88 Å². The number of hydrogen-bond donors (Lipinski definition) is 2. The summed E-state index contributed by atoms with van der Waals surface area (Å²) in [6.45, 7) is 0.619. The lowest BCUT2D eigenvalue weighted by molar-refractivity contribution is 0.297. The van der Waals surface area contributed by atoms with Crippen LogP contribution in [0.5, 0.6) is 5.88 Å². The minimum Gasteiger partial charge on any atom is -0.493 e. The number of aromatic nitrogens is 1. The number of nitrogens with zero attached hydrogens (tertiary/aromatic N) is 2. The summed E-state index contributed by atoms with van der Waals surface area (Å²) in [7, 11) is 4.01. The molecule has 0 saturated carbocycles. The summed E-state index contributed by atoms with van der Waals surface area (Å²) >= 11 is 0. The zero-order chi connectivity index (χ0) is 10.6. The van der Waals surface area contributed by atoms with Crippen molar-refractivity contribution in [2.24, 2.45) is 5.73 Å². The van der Waals surface area contributed by atoms with Gasteiger partial charge in [-0.2, -0.15) is 0 Å². The Morgan fingerprint density at radius 2 is 2.21 bits per heavy atom. The average Bonchev–Trinajstić information content (AvgIpc) is 2.16. The van der Waals surface area contributed by atoms with Gasteiger partial charge in [-0.3, -0.25) is 0 Å². The Morgan fingerprint density at radius 3 is 2.64 bits per heavy atom. The van der Waals surface area contributed by atoms with Crippen LogP contribution < -0.4 is 5.73 Å². The van der Waals surface area contributed by atoms with E-state index >= 15 is 0 Å². The van der Waals surface area contributed by atoms with Crippen molar-refractivity contribution in [1.29, 1.82) is 0 Å². The summed E-state index contributed by atoms with van der Waals surface area (Å²) in [6.07, 6.45) is 2.54. The molecule has 4 heteroatoms. The van der Waals surface area contributed by atoms with Crippen LogP contribution in [0.1, 0.15) is 5.56 Å². The standard InChI is InChI=1S/C10H17N3O/c1-13(2)9(6-11)5-8-3-4-10(14)12-7-8/h3-4,7,9H,5-6,11H2,1-2H3,(H,12,14). The van der Waals surface area contributed by atoms with Crippen molar-refractivity contribution >= 4 is 0 Å². The first-order valence-corrected chi connectivity index (χ1v) is 4.64. The molecule has 0 amide bonds. The minimum absolute atomic E-state index is 0.0582. The number of nitrogens with two attached hydrogens (primary N) is 1. The van der Waals surface area contributed by atoms with Crippen LogP contribution in [0.2, 0.25) is 0 Å². The second-order valence-electron chi connectivity index (χ2n) is 3.58. The maximum absolute atomic E-state index is 9.01. The first-order chi connectivity index (χ1) is 6.63. The summed E-state index contributed by atoms with van der Waals surface area (Å²) in [5.74, 6) is 0.0582. The van der Waals surface area contributed by atoms with Crippen LogP contribution in [0, 0.1) is 0 Å². The van der Waals surface area contributed by atoms with Crippen LogP contribution in [0.15, 0.2) is 18.3 Å². The van der Waals surface area contributed by atoms with Crippen molar-refractivity contribution in [3.8, 4) is 5.88 Å². The maximum atomic E-state index is 9.01. The van der Waals surface area contributed by atoms with Crippen molar-refractivity contribution in [3.05, 3.63) is 23.9 Å². The molecule has 0 fully saturated rings. The van der Waals surface area contributed by atoms with Gasteiger partial charge in [-0.15, -0.1) is 0 Å². The maximum Gasteiger partial charge on any atom is 0.210 e.